The molecule has 1 atom stereocenters. The Kier molecular flexibility index (Phi) is 6.32. The second-order valence-electron chi connectivity index (χ2n) is 7.99. The Morgan fingerprint density at radius 3 is 2.61 bits per heavy atom. The highest BCUT2D eigenvalue weighted by atomic mass is 15.1. The van der Waals surface area contributed by atoms with Gasteiger partial charge in [0.1, 0.15) is 0 Å². The van der Waals surface area contributed by atoms with Crippen LogP contribution in [0.5, 0.6) is 0 Å². The SMILES string of the molecule is CC1=CN(c2ccc(CC(C)=Nc3ccc(-c4cnccn4)cn3)cc2)C=CCC1C. The molecular formula is C26H27N5. The first-order chi connectivity index (χ1) is 15.1. The summed E-state index contributed by atoms with van der Waals surface area (Å²) in [6.07, 6.45) is 15.4. The van der Waals surface area contributed by atoms with Gasteiger partial charge < -0.3 is 4.90 Å². The number of aliphatic imine (C=N–C) groups is 1. The van der Waals surface area contributed by atoms with Gasteiger partial charge in [-0.3, -0.25) is 9.97 Å². The quantitative estimate of drug-likeness (QED) is 0.475. The molecule has 4 rings (SSSR count). The van der Waals surface area contributed by atoms with E-state index >= 15 is 0 Å². The van der Waals surface area contributed by atoms with Crippen molar-refractivity contribution < 1.29 is 0 Å². The van der Waals surface area contributed by atoms with Gasteiger partial charge in [-0.25, -0.2) is 9.98 Å². The van der Waals surface area contributed by atoms with Crippen molar-refractivity contribution in [1.82, 2.24) is 15.0 Å². The van der Waals surface area contributed by atoms with Crippen LogP contribution in [-0.4, -0.2) is 20.7 Å². The van der Waals surface area contributed by atoms with Crippen molar-refractivity contribution in [3.05, 3.63) is 90.8 Å². The van der Waals surface area contributed by atoms with Crippen LogP contribution >= 0.6 is 0 Å². The predicted octanol–water partition coefficient (Wildman–Crippen LogP) is 6.14. The maximum atomic E-state index is 4.67. The van der Waals surface area contributed by atoms with Crippen molar-refractivity contribution in [2.75, 3.05) is 4.90 Å². The summed E-state index contributed by atoms with van der Waals surface area (Å²) in [5.74, 6) is 1.29. The molecule has 0 saturated heterocycles. The molecular weight excluding hydrogens is 382 g/mol. The molecule has 0 spiro atoms. The van der Waals surface area contributed by atoms with Gasteiger partial charge in [-0.2, -0.15) is 0 Å². The molecule has 1 aliphatic rings. The number of pyridine rings is 1. The first-order valence-electron chi connectivity index (χ1n) is 10.6. The van der Waals surface area contributed by atoms with E-state index in [1.807, 2.05) is 19.1 Å². The van der Waals surface area contributed by atoms with Crippen LogP contribution in [0, 0.1) is 5.92 Å². The number of hydrogen-bond donors (Lipinski definition) is 0. The van der Waals surface area contributed by atoms with E-state index in [0.717, 1.165) is 29.8 Å². The summed E-state index contributed by atoms with van der Waals surface area (Å²) in [5, 5.41) is 0. The lowest BCUT2D eigenvalue weighted by Crippen LogP contribution is -2.08. The predicted molar refractivity (Wildman–Crippen MR) is 127 cm³/mol. The largest absolute Gasteiger partial charge is 0.324 e. The van der Waals surface area contributed by atoms with Crippen LogP contribution in [0.15, 0.2) is 90.2 Å². The van der Waals surface area contributed by atoms with E-state index in [1.165, 1.54) is 16.8 Å². The first-order valence-corrected chi connectivity index (χ1v) is 10.6. The Morgan fingerprint density at radius 1 is 1.06 bits per heavy atom. The van der Waals surface area contributed by atoms with Gasteiger partial charge in [0.15, 0.2) is 5.82 Å². The third-order valence-electron chi connectivity index (χ3n) is 5.48. The molecule has 5 nitrogen and oxygen atoms in total. The van der Waals surface area contributed by atoms with E-state index in [1.54, 1.807) is 24.8 Å². The smallest absolute Gasteiger partial charge is 0.151 e. The fraction of sp³-hybridized carbons (Fsp3) is 0.231. The zero-order valence-electron chi connectivity index (χ0n) is 18.2. The number of benzene rings is 1. The number of allylic oxidation sites excluding steroid dienone is 2. The highest BCUT2D eigenvalue weighted by molar-refractivity contribution is 5.86. The van der Waals surface area contributed by atoms with Gasteiger partial charge in [-0.1, -0.05) is 30.7 Å². The zero-order valence-corrected chi connectivity index (χ0v) is 18.2. The van der Waals surface area contributed by atoms with Crippen LogP contribution in [0.4, 0.5) is 11.5 Å². The van der Waals surface area contributed by atoms with E-state index in [-0.39, 0.29) is 0 Å². The zero-order chi connectivity index (χ0) is 21.6. The van der Waals surface area contributed by atoms with E-state index < -0.39 is 0 Å². The van der Waals surface area contributed by atoms with Crippen molar-refractivity contribution in [2.24, 2.45) is 10.9 Å². The van der Waals surface area contributed by atoms with Gasteiger partial charge in [0, 0.05) is 54.4 Å². The van der Waals surface area contributed by atoms with Crippen molar-refractivity contribution in [3.63, 3.8) is 0 Å². The summed E-state index contributed by atoms with van der Waals surface area (Å²) < 4.78 is 0. The molecule has 0 fully saturated rings. The Bertz CT molecular complexity index is 1100. The lowest BCUT2D eigenvalue weighted by atomic mass is 10.0. The average molecular weight is 410 g/mol. The van der Waals surface area contributed by atoms with Crippen LogP contribution in [0.3, 0.4) is 0 Å². The summed E-state index contributed by atoms with van der Waals surface area (Å²) in [5.41, 5.74) is 6.56. The van der Waals surface area contributed by atoms with Gasteiger partial charge in [0.25, 0.3) is 0 Å². The van der Waals surface area contributed by atoms with Crippen LogP contribution in [-0.2, 0) is 6.42 Å². The second kappa shape index (κ2) is 9.47. The number of aromatic nitrogens is 3. The molecule has 1 unspecified atom stereocenters. The van der Waals surface area contributed by atoms with Gasteiger partial charge >= 0.3 is 0 Å². The van der Waals surface area contributed by atoms with Crippen LogP contribution in [0.25, 0.3) is 11.3 Å². The molecule has 3 heterocycles. The molecule has 1 aliphatic heterocycles. The maximum absolute atomic E-state index is 4.67. The fourth-order valence-electron chi connectivity index (χ4n) is 3.48. The van der Waals surface area contributed by atoms with E-state index in [2.05, 4.69) is 81.4 Å². The lowest BCUT2D eigenvalue weighted by Gasteiger charge is -2.17. The standard InChI is InChI=1S/C26H27N5/c1-19-5-4-14-31(18-20(19)2)24-9-6-22(7-10-24)15-21(3)30-26-11-8-23(16-29-26)25-17-27-12-13-28-25/h4,6-14,16-19H,5,15H2,1-3H3. The molecule has 0 bridgehead atoms. The minimum atomic E-state index is 0.586. The summed E-state index contributed by atoms with van der Waals surface area (Å²) in [4.78, 5) is 19.7. The van der Waals surface area contributed by atoms with Gasteiger partial charge in [0.2, 0.25) is 0 Å². The first kappa shape index (κ1) is 20.7. The van der Waals surface area contributed by atoms with Crippen molar-refractivity contribution in [3.8, 4) is 11.3 Å². The molecule has 2 aromatic heterocycles. The highest BCUT2D eigenvalue weighted by Gasteiger charge is 2.10. The number of anilines is 1. The number of nitrogens with zero attached hydrogens (tertiary/aromatic N) is 5. The van der Waals surface area contributed by atoms with E-state index in [9.17, 15) is 0 Å². The normalized spacial score (nSPS) is 16.7. The molecule has 31 heavy (non-hydrogen) atoms. The molecule has 0 saturated carbocycles. The number of rotatable bonds is 5. The summed E-state index contributed by atoms with van der Waals surface area (Å²) in [7, 11) is 0. The summed E-state index contributed by atoms with van der Waals surface area (Å²) in [6.45, 7) is 6.51. The Hall–Kier alpha value is -3.60. The minimum absolute atomic E-state index is 0.586. The summed E-state index contributed by atoms with van der Waals surface area (Å²) in [6, 6.07) is 12.6. The maximum Gasteiger partial charge on any atom is 0.151 e. The molecule has 0 amide bonds. The molecule has 0 N–H and O–H groups in total. The highest BCUT2D eigenvalue weighted by Crippen LogP contribution is 2.24. The Labute approximate surface area is 183 Å². The molecule has 0 aliphatic carbocycles. The van der Waals surface area contributed by atoms with Crippen molar-refractivity contribution in [2.45, 2.75) is 33.6 Å². The Balaban J connectivity index is 1.42. The fourth-order valence-corrected chi connectivity index (χ4v) is 3.48. The molecule has 0 radical (unpaired) electrons. The van der Waals surface area contributed by atoms with E-state index in [0.29, 0.717) is 11.7 Å². The van der Waals surface area contributed by atoms with Crippen molar-refractivity contribution in [1.29, 1.82) is 0 Å². The number of hydrogen-bond acceptors (Lipinski definition) is 5. The van der Waals surface area contributed by atoms with Crippen LogP contribution < -0.4 is 4.90 Å². The van der Waals surface area contributed by atoms with Crippen LogP contribution in [0.2, 0.25) is 0 Å². The molecule has 5 heteroatoms. The minimum Gasteiger partial charge on any atom is -0.324 e. The second-order valence-corrected chi connectivity index (χ2v) is 7.99. The molecule has 156 valence electrons. The third kappa shape index (κ3) is 5.31. The molecule has 1 aromatic carbocycles. The van der Waals surface area contributed by atoms with Gasteiger partial charge in [-0.05, 0) is 56.0 Å². The monoisotopic (exact) mass is 409 g/mol. The van der Waals surface area contributed by atoms with E-state index in [4.69, 9.17) is 0 Å². The summed E-state index contributed by atoms with van der Waals surface area (Å²) >= 11 is 0. The van der Waals surface area contributed by atoms with Gasteiger partial charge in [-0.15, -0.1) is 0 Å². The lowest BCUT2D eigenvalue weighted by molar-refractivity contribution is 0.697. The van der Waals surface area contributed by atoms with Gasteiger partial charge in [0.05, 0.1) is 11.9 Å². The van der Waals surface area contributed by atoms with Crippen LogP contribution in [0.1, 0.15) is 32.8 Å². The molecule has 3 aromatic rings. The Morgan fingerprint density at radius 2 is 1.90 bits per heavy atom. The average Bonchev–Trinajstić information content (AvgIpc) is 2.96. The topological polar surface area (TPSA) is 54.3 Å². The van der Waals surface area contributed by atoms with Crippen molar-refractivity contribution >= 4 is 17.2 Å². The third-order valence-corrected chi connectivity index (χ3v) is 5.48.